The number of benzene rings is 3. The molecule has 178 valence electrons. The number of methoxy groups -OCH3 is 1. The maximum Gasteiger partial charge on any atom is 0.294 e. The molecule has 0 bridgehead atoms. The fourth-order valence-electron chi connectivity index (χ4n) is 3.39. The molecule has 9 heteroatoms. The van der Waals surface area contributed by atoms with Crippen LogP contribution in [0.1, 0.15) is 11.1 Å². The largest absolute Gasteiger partial charge is 0.493 e. The summed E-state index contributed by atoms with van der Waals surface area (Å²) >= 11 is 6.83. The summed E-state index contributed by atoms with van der Waals surface area (Å²) in [5.41, 5.74) is 2.00. The van der Waals surface area contributed by atoms with Gasteiger partial charge in [-0.05, 0) is 53.7 Å². The first-order chi connectivity index (χ1) is 16.9. The van der Waals surface area contributed by atoms with E-state index in [0.717, 1.165) is 22.2 Å². The van der Waals surface area contributed by atoms with Crippen LogP contribution in [-0.2, 0) is 16.2 Å². The number of nitrogens with zero attached hydrogens (tertiary/aromatic N) is 1. The van der Waals surface area contributed by atoms with Crippen LogP contribution in [0.2, 0.25) is 5.02 Å². The minimum atomic E-state index is -0.549. The SMILES string of the molecule is COc1cccc(/C=C2\SC(=O)N(CC(=O)Nc3ccccc3)C2=O)c1OCc1cccc(Cl)c1. The highest BCUT2D eigenvalue weighted by Crippen LogP contribution is 2.37. The van der Waals surface area contributed by atoms with Gasteiger partial charge in [-0.25, -0.2) is 0 Å². The third-order valence-electron chi connectivity index (χ3n) is 5.02. The van der Waals surface area contributed by atoms with E-state index in [4.69, 9.17) is 21.1 Å². The van der Waals surface area contributed by atoms with Crippen molar-refractivity contribution in [3.63, 3.8) is 0 Å². The lowest BCUT2D eigenvalue weighted by atomic mass is 10.1. The Morgan fingerprint density at radius 3 is 2.57 bits per heavy atom. The molecule has 1 heterocycles. The Morgan fingerprint density at radius 2 is 1.83 bits per heavy atom. The zero-order chi connectivity index (χ0) is 24.8. The van der Waals surface area contributed by atoms with Gasteiger partial charge in [-0.1, -0.05) is 54.1 Å². The molecule has 35 heavy (non-hydrogen) atoms. The number of hydrogen-bond acceptors (Lipinski definition) is 6. The minimum Gasteiger partial charge on any atom is -0.493 e. The minimum absolute atomic E-state index is 0.184. The van der Waals surface area contributed by atoms with Gasteiger partial charge < -0.3 is 14.8 Å². The fourth-order valence-corrected chi connectivity index (χ4v) is 4.43. The van der Waals surface area contributed by atoms with Crippen LogP contribution < -0.4 is 14.8 Å². The van der Waals surface area contributed by atoms with E-state index in [0.29, 0.717) is 27.8 Å². The van der Waals surface area contributed by atoms with Crippen LogP contribution in [0.3, 0.4) is 0 Å². The second-order valence-electron chi connectivity index (χ2n) is 7.48. The monoisotopic (exact) mass is 508 g/mol. The number of amides is 3. The number of imide groups is 1. The molecular formula is C26H21ClN2O5S. The molecule has 0 spiro atoms. The van der Waals surface area contributed by atoms with Crippen LogP contribution in [0.15, 0.2) is 77.7 Å². The fraction of sp³-hybridized carbons (Fsp3) is 0.115. The average Bonchev–Trinajstić information content (AvgIpc) is 3.11. The summed E-state index contributed by atoms with van der Waals surface area (Å²) in [5, 5.41) is 2.75. The first-order valence-corrected chi connectivity index (χ1v) is 11.8. The van der Waals surface area contributed by atoms with Crippen LogP contribution in [0.5, 0.6) is 11.5 Å². The molecule has 1 fully saturated rings. The number of para-hydroxylation sites is 2. The molecule has 3 aromatic rings. The number of rotatable bonds is 8. The van der Waals surface area contributed by atoms with Crippen LogP contribution in [0.25, 0.3) is 6.08 Å². The van der Waals surface area contributed by atoms with Crippen molar-refractivity contribution < 1.29 is 23.9 Å². The van der Waals surface area contributed by atoms with E-state index in [1.54, 1.807) is 60.7 Å². The van der Waals surface area contributed by atoms with Gasteiger partial charge in [-0.2, -0.15) is 0 Å². The molecule has 1 saturated heterocycles. The predicted molar refractivity (Wildman–Crippen MR) is 137 cm³/mol. The van der Waals surface area contributed by atoms with E-state index < -0.39 is 17.1 Å². The molecular weight excluding hydrogens is 488 g/mol. The van der Waals surface area contributed by atoms with Gasteiger partial charge in [0.25, 0.3) is 11.1 Å². The smallest absolute Gasteiger partial charge is 0.294 e. The normalized spacial score (nSPS) is 14.3. The van der Waals surface area contributed by atoms with Crippen molar-refractivity contribution in [3.05, 3.63) is 93.9 Å². The van der Waals surface area contributed by atoms with Crippen LogP contribution in [0.4, 0.5) is 10.5 Å². The topological polar surface area (TPSA) is 84.9 Å². The second kappa shape index (κ2) is 11.1. The molecule has 1 N–H and O–H groups in total. The number of anilines is 1. The van der Waals surface area contributed by atoms with Crippen molar-refractivity contribution >= 4 is 52.2 Å². The van der Waals surface area contributed by atoms with Gasteiger partial charge in [0, 0.05) is 16.3 Å². The Labute approximate surface area is 211 Å². The van der Waals surface area contributed by atoms with E-state index in [-0.39, 0.29) is 18.1 Å². The van der Waals surface area contributed by atoms with Gasteiger partial charge in [-0.3, -0.25) is 19.3 Å². The molecule has 0 radical (unpaired) electrons. The molecule has 1 aliphatic heterocycles. The highest BCUT2D eigenvalue weighted by Gasteiger charge is 2.36. The molecule has 0 atom stereocenters. The Bertz CT molecular complexity index is 1300. The third kappa shape index (κ3) is 6.03. The highest BCUT2D eigenvalue weighted by atomic mass is 35.5. The molecule has 0 saturated carbocycles. The van der Waals surface area contributed by atoms with Gasteiger partial charge in [0.05, 0.1) is 12.0 Å². The number of ether oxygens (including phenoxy) is 2. The number of nitrogens with one attached hydrogen (secondary N) is 1. The molecule has 7 nitrogen and oxygen atoms in total. The summed E-state index contributed by atoms with van der Waals surface area (Å²) in [6.45, 7) is -0.157. The van der Waals surface area contributed by atoms with Gasteiger partial charge in [0.2, 0.25) is 5.91 Å². The summed E-state index contributed by atoms with van der Waals surface area (Å²) in [4.78, 5) is 38.9. The third-order valence-corrected chi connectivity index (χ3v) is 6.16. The van der Waals surface area contributed by atoms with E-state index in [9.17, 15) is 14.4 Å². The molecule has 0 aromatic heterocycles. The summed E-state index contributed by atoms with van der Waals surface area (Å²) < 4.78 is 11.5. The number of thioether (sulfide) groups is 1. The lowest BCUT2D eigenvalue weighted by Crippen LogP contribution is -2.36. The molecule has 3 aromatic carbocycles. The quantitative estimate of drug-likeness (QED) is 0.398. The van der Waals surface area contributed by atoms with Gasteiger partial charge in [-0.15, -0.1) is 0 Å². The zero-order valence-electron chi connectivity index (χ0n) is 18.7. The molecule has 1 aliphatic rings. The number of hydrogen-bond donors (Lipinski definition) is 1. The first-order valence-electron chi connectivity index (χ1n) is 10.6. The van der Waals surface area contributed by atoms with E-state index >= 15 is 0 Å². The standard InChI is InChI=1S/C26H21ClN2O5S/c1-33-21-12-6-8-18(24(21)34-16-17-7-5-9-19(27)13-17)14-22-25(31)29(26(32)35-22)15-23(30)28-20-10-3-2-4-11-20/h2-14H,15-16H2,1H3,(H,28,30)/b22-14-. The zero-order valence-corrected chi connectivity index (χ0v) is 20.3. The predicted octanol–water partition coefficient (Wildman–Crippen LogP) is 5.60. The van der Waals surface area contributed by atoms with Crippen LogP contribution in [0, 0.1) is 0 Å². The van der Waals surface area contributed by atoms with Gasteiger partial charge in [0.1, 0.15) is 13.2 Å². The maximum atomic E-state index is 12.9. The maximum absolute atomic E-state index is 12.9. The summed E-state index contributed by atoms with van der Waals surface area (Å²) in [7, 11) is 1.52. The first kappa shape index (κ1) is 24.4. The summed E-state index contributed by atoms with van der Waals surface area (Å²) in [5.74, 6) is -0.121. The van der Waals surface area contributed by atoms with Gasteiger partial charge >= 0.3 is 0 Å². The Morgan fingerprint density at radius 1 is 1.06 bits per heavy atom. The molecule has 3 amide bonds. The summed E-state index contributed by atoms with van der Waals surface area (Å²) in [6.07, 6.45) is 1.57. The van der Waals surface area contributed by atoms with E-state index in [2.05, 4.69) is 5.32 Å². The van der Waals surface area contributed by atoms with Gasteiger partial charge in [0.15, 0.2) is 11.5 Å². The Hall–Kier alpha value is -3.75. The Balaban J connectivity index is 1.52. The van der Waals surface area contributed by atoms with Crippen LogP contribution >= 0.6 is 23.4 Å². The van der Waals surface area contributed by atoms with E-state index in [1.165, 1.54) is 7.11 Å². The van der Waals surface area contributed by atoms with Crippen molar-refractivity contribution in [1.82, 2.24) is 4.90 Å². The van der Waals surface area contributed by atoms with Crippen molar-refractivity contribution in [2.75, 3.05) is 19.0 Å². The van der Waals surface area contributed by atoms with Crippen molar-refractivity contribution in [1.29, 1.82) is 0 Å². The number of halogens is 1. The Kier molecular flexibility index (Phi) is 7.74. The lowest BCUT2D eigenvalue weighted by Gasteiger charge is -2.14. The lowest BCUT2D eigenvalue weighted by molar-refractivity contribution is -0.127. The van der Waals surface area contributed by atoms with Crippen LogP contribution in [-0.4, -0.2) is 35.6 Å². The molecule has 0 unspecified atom stereocenters. The average molecular weight is 509 g/mol. The van der Waals surface area contributed by atoms with E-state index in [1.807, 2.05) is 18.2 Å². The van der Waals surface area contributed by atoms with Crippen molar-refractivity contribution in [2.24, 2.45) is 0 Å². The van der Waals surface area contributed by atoms with Crippen molar-refractivity contribution in [3.8, 4) is 11.5 Å². The highest BCUT2D eigenvalue weighted by molar-refractivity contribution is 8.18. The molecule has 4 rings (SSSR count). The molecule has 0 aliphatic carbocycles. The number of carbonyl (C=O) groups excluding carboxylic acids is 3. The second-order valence-corrected chi connectivity index (χ2v) is 8.91. The summed E-state index contributed by atoms with van der Waals surface area (Å²) in [6, 6.07) is 21.3. The van der Waals surface area contributed by atoms with Crippen molar-refractivity contribution in [2.45, 2.75) is 6.61 Å². The number of carbonyl (C=O) groups is 3.